The van der Waals surface area contributed by atoms with Crippen LogP contribution in [0.4, 0.5) is 16.6 Å². The van der Waals surface area contributed by atoms with Crippen molar-refractivity contribution in [1.29, 1.82) is 0 Å². The van der Waals surface area contributed by atoms with Crippen LogP contribution in [0.15, 0.2) is 61.1 Å². The smallest absolute Gasteiger partial charge is 0.320 e. The van der Waals surface area contributed by atoms with Gasteiger partial charge >= 0.3 is 6.03 Å². The van der Waals surface area contributed by atoms with E-state index in [9.17, 15) is 9.90 Å². The molecule has 13 heteroatoms. The van der Waals surface area contributed by atoms with E-state index in [1.807, 2.05) is 40.9 Å². The fraction of sp³-hybridized carbons (Fsp3) is 0.441. The Balaban J connectivity index is 1.08. The molecule has 3 N–H and O–H groups in total. The van der Waals surface area contributed by atoms with Crippen LogP contribution in [0.25, 0.3) is 11.3 Å². The lowest BCUT2D eigenvalue weighted by molar-refractivity contribution is 0.171. The third-order valence-corrected chi connectivity index (χ3v) is 8.93. The highest BCUT2D eigenvalue weighted by atomic mass is 16.5. The van der Waals surface area contributed by atoms with E-state index in [4.69, 9.17) is 9.84 Å². The maximum atomic E-state index is 13.5. The molecule has 2 atom stereocenters. The van der Waals surface area contributed by atoms with E-state index in [0.29, 0.717) is 24.5 Å². The maximum Gasteiger partial charge on any atom is 0.320 e. The molecule has 0 saturated carbocycles. The van der Waals surface area contributed by atoms with Gasteiger partial charge in [0.15, 0.2) is 5.65 Å². The van der Waals surface area contributed by atoms with E-state index in [2.05, 4.69) is 63.7 Å². The predicted octanol–water partition coefficient (Wildman–Crippen LogP) is 5.17. The molecule has 0 radical (unpaired) electrons. The molecule has 1 aromatic carbocycles. The van der Waals surface area contributed by atoms with Gasteiger partial charge in [-0.3, -0.25) is 14.4 Å². The van der Waals surface area contributed by atoms with Gasteiger partial charge in [-0.15, -0.1) is 10.2 Å². The molecule has 2 aliphatic rings. The number of aromatic nitrogens is 7. The highest BCUT2D eigenvalue weighted by Gasteiger charge is 2.30. The van der Waals surface area contributed by atoms with Gasteiger partial charge in [-0.2, -0.15) is 10.2 Å². The van der Waals surface area contributed by atoms with Crippen LogP contribution in [0, 0.1) is 0 Å². The first-order chi connectivity index (χ1) is 22.8. The number of rotatable bonds is 8. The number of hydrogen-bond donors (Lipinski definition) is 3. The van der Waals surface area contributed by atoms with Crippen molar-refractivity contribution >= 4 is 23.4 Å². The topological polar surface area (TPSA) is 140 Å². The number of aliphatic hydroxyl groups is 1. The molecule has 7 rings (SSSR count). The third kappa shape index (κ3) is 6.39. The molecule has 246 valence electrons. The summed E-state index contributed by atoms with van der Waals surface area (Å²) in [7, 11) is 0. The number of pyridine rings is 1. The van der Waals surface area contributed by atoms with Crippen LogP contribution in [0.5, 0.6) is 5.75 Å². The van der Waals surface area contributed by atoms with Crippen molar-refractivity contribution < 1.29 is 14.6 Å². The number of piperidine rings is 1. The molecule has 47 heavy (non-hydrogen) atoms. The fourth-order valence-electron chi connectivity index (χ4n) is 6.46. The molecule has 0 bridgehead atoms. The van der Waals surface area contributed by atoms with Crippen molar-refractivity contribution in [1.82, 2.24) is 39.5 Å². The van der Waals surface area contributed by atoms with Crippen molar-refractivity contribution in [3.05, 3.63) is 77.9 Å². The van der Waals surface area contributed by atoms with Gasteiger partial charge in [0.25, 0.3) is 0 Å². The van der Waals surface area contributed by atoms with Crippen LogP contribution in [-0.4, -0.2) is 65.0 Å². The lowest BCUT2D eigenvalue weighted by Gasteiger charge is -2.32. The van der Waals surface area contributed by atoms with Gasteiger partial charge in [0.1, 0.15) is 23.4 Å². The average Bonchev–Trinajstić information content (AvgIpc) is 3.81. The summed E-state index contributed by atoms with van der Waals surface area (Å²) in [5.41, 5.74) is 4.18. The normalized spacial score (nSPS) is 18.3. The molecule has 1 aliphatic carbocycles. The number of carbonyl (C=O) groups excluding carboxylic acids is 1. The van der Waals surface area contributed by atoms with Crippen LogP contribution >= 0.6 is 0 Å². The second-order valence-electron chi connectivity index (χ2n) is 13.4. The van der Waals surface area contributed by atoms with E-state index in [1.165, 1.54) is 6.42 Å². The number of aliphatic hydroxyl groups excluding tert-OH is 1. The lowest BCUT2D eigenvalue weighted by Crippen LogP contribution is -2.36. The van der Waals surface area contributed by atoms with E-state index in [0.717, 1.165) is 66.5 Å². The van der Waals surface area contributed by atoms with Crippen molar-refractivity contribution in [2.45, 2.75) is 77.0 Å². The molecule has 4 aromatic heterocycles. The zero-order chi connectivity index (χ0) is 32.5. The average molecular weight is 639 g/mol. The van der Waals surface area contributed by atoms with Gasteiger partial charge in [-0.25, -0.2) is 9.48 Å². The number of carbonyl (C=O) groups is 1. The van der Waals surface area contributed by atoms with Gasteiger partial charge in [0.05, 0.1) is 43.5 Å². The number of ether oxygens (including phenoxy) is 1. The molecule has 1 aliphatic heterocycles. The molecule has 5 heterocycles. The van der Waals surface area contributed by atoms with Gasteiger partial charge in [0, 0.05) is 24.6 Å². The van der Waals surface area contributed by atoms with E-state index in [1.54, 1.807) is 21.8 Å². The Morgan fingerprint density at radius 2 is 1.83 bits per heavy atom. The summed E-state index contributed by atoms with van der Waals surface area (Å²) in [5.74, 6) is 2.15. The van der Waals surface area contributed by atoms with Gasteiger partial charge in [-0.1, -0.05) is 45.0 Å². The number of nitrogens with one attached hydrogen (secondary N) is 2. The predicted molar refractivity (Wildman–Crippen MR) is 178 cm³/mol. The van der Waals surface area contributed by atoms with Crippen LogP contribution in [0.1, 0.15) is 81.8 Å². The van der Waals surface area contributed by atoms with Crippen LogP contribution < -0.4 is 20.3 Å². The van der Waals surface area contributed by atoms with Gasteiger partial charge in [-0.05, 0) is 55.4 Å². The van der Waals surface area contributed by atoms with Gasteiger partial charge in [0.2, 0.25) is 5.95 Å². The lowest BCUT2D eigenvalue weighted by atomic mass is 9.85. The fourth-order valence-corrected chi connectivity index (χ4v) is 6.46. The first-order valence-corrected chi connectivity index (χ1v) is 16.4. The molecule has 0 unspecified atom stereocenters. The van der Waals surface area contributed by atoms with Crippen LogP contribution in [0.3, 0.4) is 0 Å². The largest absolute Gasteiger partial charge is 0.484 e. The number of fused-ring (bicyclic) bond motifs is 2. The zero-order valence-corrected chi connectivity index (χ0v) is 27.1. The Bertz CT molecular complexity index is 1860. The summed E-state index contributed by atoms with van der Waals surface area (Å²) in [6, 6.07) is 13.4. The third-order valence-electron chi connectivity index (χ3n) is 8.93. The minimum absolute atomic E-state index is 0.0211. The second-order valence-corrected chi connectivity index (χ2v) is 13.4. The SMILES string of the molecule is CC(C)(C)c1cc(NC(=O)N[C@H]2CC[C@@H](Oc3ccc4nnc(N5CCCCC5)n4c3)c3ccccc32)n(-c2cnn(CCO)c2)n1. The Kier molecular flexibility index (Phi) is 8.31. The molecular weight excluding hydrogens is 596 g/mol. The zero-order valence-electron chi connectivity index (χ0n) is 27.1. The van der Waals surface area contributed by atoms with Crippen molar-refractivity contribution in [3.8, 4) is 11.4 Å². The molecule has 5 aromatic rings. The first-order valence-electron chi connectivity index (χ1n) is 16.4. The monoisotopic (exact) mass is 638 g/mol. The van der Waals surface area contributed by atoms with E-state index in [-0.39, 0.29) is 30.2 Å². The molecule has 2 amide bonds. The standard InChI is InChI=1S/C34H42N10O3/c1-34(2,3)29-19-31(44(40-29)23-20-35-42(21-23)17-18-45)37-32(46)36-27-12-13-28(26-10-6-5-9-25(26)27)47-24-11-14-30-38-39-33(43(30)22-24)41-15-7-4-8-16-41/h5-6,9-11,14,19-22,27-28,45H,4,7-8,12-13,15-18H2,1-3H3,(H2,36,37,46)/t27-,28+/m0/s1. The number of anilines is 2. The minimum Gasteiger partial charge on any atom is -0.484 e. The number of nitrogens with zero attached hydrogens (tertiary/aromatic N) is 8. The Morgan fingerprint density at radius 3 is 2.62 bits per heavy atom. The minimum atomic E-state index is -0.322. The highest BCUT2D eigenvalue weighted by Crippen LogP contribution is 2.39. The molecular formula is C34H42N10O3. The summed E-state index contributed by atoms with van der Waals surface area (Å²) in [6.07, 6.45) is 10.3. The summed E-state index contributed by atoms with van der Waals surface area (Å²) in [5, 5.41) is 33.5. The Hall–Kier alpha value is -4.91. The van der Waals surface area contributed by atoms with Crippen LogP contribution in [-0.2, 0) is 12.0 Å². The van der Waals surface area contributed by atoms with E-state index < -0.39 is 0 Å². The van der Waals surface area contributed by atoms with Crippen molar-refractivity contribution in [2.24, 2.45) is 0 Å². The summed E-state index contributed by atoms with van der Waals surface area (Å²) >= 11 is 0. The first kappa shape index (κ1) is 30.7. The molecule has 13 nitrogen and oxygen atoms in total. The summed E-state index contributed by atoms with van der Waals surface area (Å²) < 4.78 is 12.0. The van der Waals surface area contributed by atoms with Gasteiger partial charge < -0.3 is 20.1 Å². The molecule has 1 fully saturated rings. The molecule has 1 saturated heterocycles. The second kappa shape index (κ2) is 12.7. The number of hydrogen-bond acceptors (Lipinski definition) is 8. The quantitative estimate of drug-likeness (QED) is 0.212. The highest BCUT2D eigenvalue weighted by molar-refractivity contribution is 5.89. The van der Waals surface area contributed by atoms with Crippen molar-refractivity contribution in [3.63, 3.8) is 0 Å². The summed E-state index contributed by atoms with van der Waals surface area (Å²) in [4.78, 5) is 15.8. The number of benzene rings is 1. The maximum absolute atomic E-state index is 13.5. The summed E-state index contributed by atoms with van der Waals surface area (Å²) in [6.45, 7) is 8.55. The van der Waals surface area contributed by atoms with Crippen molar-refractivity contribution in [2.75, 3.05) is 29.9 Å². The Morgan fingerprint density at radius 1 is 1.02 bits per heavy atom. The Labute approximate surface area is 273 Å². The molecule has 0 spiro atoms. The van der Waals surface area contributed by atoms with E-state index >= 15 is 0 Å². The number of amides is 2. The van der Waals surface area contributed by atoms with Crippen LogP contribution in [0.2, 0.25) is 0 Å². The number of urea groups is 1.